The minimum absolute atomic E-state index is 0.150. The number of nitrogens with two attached hydrogens (primary N) is 1. The average Bonchev–Trinajstić information content (AvgIpc) is 2.43. The molecule has 1 aliphatic heterocycles. The SMILES string of the molecule is CCCNCC1COCCN1c1nc[nH]c(=O)c1N. The van der Waals surface area contributed by atoms with Crippen LogP contribution in [0.2, 0.25) is 0 Å². The third-order valence-electron chi connectivity index (χ3n) is 3.17. The zero-order valence-corrected chi connectivity index (χ0v) is 11.2. The lowest BCUT2D eigenvalue weighted by atomic mass is 10.2. The molecule has 0 aliphatic carbocycles. The lowest BCUT2D eigenvalue weighted by Gasteiger charge is -2.36. The Balaban J connectivity index is 2.14. The number of aromatic nitrogens is 2. The summed E-state index contributed by atoms with van der Waals surface area (Å²) in [5, 5.41) is 3.36. The molecule has 1 saturated heterocycles. The van der Waals surface area contributed by atoms with Gasteiger partial charge in [-0.25, -0.2) is 4.98 Å². The summed E-state index contributed by atoms with van der Waals surface area (Å²) >= 11 is 0. The Morgan fingerprint density at radius 3 is 3.32 bits per heavy atom. The van der Waals surface area contributed by atoms with Gasteiger partial charge in [0, 0.05) is 13.1 Å². The van der Waals surface area contributed by atoms with Gasteiger partial charge < -0.3 is 25.7 Å². The smallest absolute Gasteiger partial charge is 0.276 e. The van der Waals surface area contributed by atoms with Crippen LogP contribution in [0.25, 0.3) is 0 Å². The Morgan fingerprint density at radius 1 is 1.68 bits per heavy atom. The monoisotopic (exact) mass is 267 g/mol. The number of rotatable bonds is 5. The number of nitrogens with one attached hydrogen (secondary N) is 2. The van der Waals surface area contributed by atoms with Crippen LogP contribution in [0.4, 0.5) is 11.5 Å². The van der Waals surface area contributed by atoms with Gasteiger partial charge in [0.05, 0.1) is 25.6 Å². The standard InChI is InChI=1S/C12H21N5O2/c1-2-3-14-6-9-7-19-5-4-17(9)11-10(13)12(18)16-8-15-11/h8-9,14H,2-7,13H2,1H3,(H,15,16,18). The molecule has 1 aliphatic rings. The van der Waals surface area contributed by atoms with Gasteiger partial charge in [0.25, 0.3) is 5.56 Å². The van der Waals surface area contributed by atoms with Gasteiger partial charge in [0.1, 0.15) is 5.69 Å². The predicted molar refractivity (Wildman–Crippen MR) is 74.4 cm³/mol. The van der Waals surface area contributed by atoms with Crippen molar-refractivity contribution >= 4 is 11.5 Å². The molecule has 0 saturated carbocycles. The number of H-pyrrole nitrogens is 1. The van der Waals surface area contributed by atoms with Crippen molar-refractivity contribution in [2.24, 2.45) is 0 Å². The molecule has 0 bridgehead atoms. The van der Waals surface area contributed by atoms with Crippen molar-refractivity contribution in [2.45, 2.75) is 19.4 Å². The zero-order chi connectivity index (χ0) is 13.7. The van der Waals surface area contributed by atoms with Crippen molar-refractivity contribution in [3.05, 3.63) is 16.7 Å². The fourth-order valence-corrected chi connectivity index (χ4v) is 2.18. The lowest BCUT2D eigenvalue weighted by molar-refractivity contribution is 0.0934. The third kappa shape index (κ3) is 3.24. The van der Waals surface area contributed by atoms with Gasteiger partial charge in [0.15, 0.2) is 5.82 Å². The van der Waals surface area contributed by atoms with Crippen LogP contribution in [-0.2, 0) is 4.74 Å². The van der Waals surface area contributed by atoms with E-state index >= 15 is 0 Å². The maximum absolute atomic E-state index is 11.6. The van der Waals surface area contributed by atoms with Gasteiger partial charge in [-0.1, -0.05) is 6.92 Å². The molecule has 2 heterocycles. The number of aromatic amines is 1. The second-order valence-corrected chi connectivity index (χ2v) is 4.60. The molecular weight excluding hydrogens is 246 g/mol. The molecule has 0 aromatic carbocycles. The highest BCUT2D eigenvalue weighted by Gasteiger charge is 2.26. The molecule has 7 nitrogen and oxygen atoms in total. The highest BCUT2D eigenvalue weighted by molar-refractivity contribution is 5.61. The van der Waals surface area contributed by atoms with Crippen LogP contribution >= 0.6 is 0 Å². The van der Waals surface area contributed by atoms with E-state index in [0.29, 0.717) is 25.6 Å². The molecular formula is C12H21N5O2. The molecule has 19 heavy (non-hydrogen) atoms. The van der Waals surface area contributed by atoms with E-state index in [-0.39, 0.29) is 17.3 Å². The summed E-state index contributed by atoms with van der Waals surface area (Å²) in [4.78, 5) is 20.3. The summed E-state index contributed by atoms with van der Waals surface area (Å²) in [6.07, 6.45) is 2.47. The van der Waals surface area contributed by atoms with E-state index in [9.17, 15) is 4.79 Å². The molecule has 7 heteroatoms. The normalized spacial score (nSPS) is 19.6. The van der Waals surface area contributed by atoms with E-state index in [1.54, 1.807) is 0 Å². The first-order chi connectivity index (χ1) is 9.24. The quantitative estimate of drug-likeness (QED) is 0.626. The number of ether oxygens (including phenoxy) is 1. The van der Waals surface area contributed by atoms with Gasteiger partial charge in [-0.15, -0.1) is 0 Å². The Hall–Kier alpha value is -1.60. The molecule has 106 valence electrons. The summed E-state index contributed by atoms with van der Waals surface area (Å²) in [5.41, 5.74) is 5.70. The van der Waals surface area contributed by atoms with E-state index in [2.05, 4.69) is 27.1 Å². The fourth-order valence-electron chi connectivity index (χ4n) is 2.18. The Morgan fingerprint density at radius 2 is 2.53 bits per heavy atom. The predicted octanol–water partition coefficient (Wildman–Crippen LogP) is -0.443. The van der Waals surface area contributed by atoms with E-state index in [1.165, 1.54) is 6.33 Å². The highest BCUT2D eigenvalue weighted by atomic mass is 16.5. The van der Waals surface area contributed by atoms with Crippen molar-refractivity contribution in [3.8, 4) is 0 Å². The minimum Gasteiger partial charge on any atom is -0.391 e. The molecule has 1 atom stereocenters. The van der Waals surface area contributed by atoms with E-state index < -0.39 is 0 Å². The molecule has 4 N–H and O–H groups in total. The minimum atomic E-state index is -0.295. The Bertz CT molecular complexity index is 462. The number of hydrogen-bond donors (Lipinski definition) is 3. The molecule has 1 aromatic rings. The van der Waals surface area contributed by atoms with Gasteiger partial charge in [-0.05, 0) is 13.0 Å². The maximum Gasteiger partial charge on any atom is 0.276 e. The molecule has 1 unspecified atom stereocenters. The second kappa shape index (κ2) is 6.53. The number of nitrogen functional groups attached to an aromatic ring is 1. The van der Waals surface area contributed by atoms with Crippen LogP contribution < -0.4 is 21.5 Å². The number of morpholine rings is 1. The number of nitrogens with zero attached hydrogens (tertiary/aromatic N) is 2. The van der Waals surface area contributed by atoms with Gasteiger partial charge in [-0.3, -0.25) is 4.79 Å². The number of anilines is 2. The van der Waals surface area contributed by atoms with E-state index in [0.717, 1.165) is 19.5 Å². The largest absolute Gasteiger partial charge is 0.391 e. The first kappa shape index (κ1) is 13.8. The van der Waals surface area contributed by atoms with Crippen LogP contribution in [0.15, 0.2) is 11.1 Å². The van der Waals surface area contributed by atoms with Crippen LogP contribution in [0.1, 0.15) is 13.3 Å². The van der Waals surface area contributed by atoms with Crippen LogP contribution in [0, 0.1) is 0 Å². The summed E-state index contributed by atoms with van der Waals surface area (Å²) in [6, 6.07) is 0.150. The van der Waals surface area contributed by atoms with Crippen molar-refractivity contribution in [3.63, 3.8) is 0 Å². The summed E-state index contributed by atoms with van der Waals surface area (Å²) in [5.74, 6) is 0.551. The fraction of sp³-hybridized carbons (Fsp3) is 0.667. The van der Waals surface area contributed by atoms with Crippen LogP contribution in [-0.4, -0.2) is 48.9 Å². The maximum atomic E-state index is 11.6. The first-order valence-corrected chi connectivity index (χ1v) is 6.62. The van der Waals surface area contributed by atoms with Crippen LogP contribution in [0.5, 0.6) is 0 Å². The van der Waals surface area contributed by atoms with Gasteiger partial charge >= 0.3 is 0 Å². The van der Waals surface area contributed by atoms with E-state index in [4.69, 9.17) is 10.5 Å². The van der Waals surface area contributed by atoms with Crippen molar-refractivity contribution < 1.29 is 4.74 Å². The molecule has 0 spiro atoms. The molecule has 0 amide bonds. The van der Waals surface area contributed by atoms with E-state index in [1.807, 2.05) is 0 Å². The summed E-state index contributed by atoms with van der Waals surface area (Å²) in [7, 11) is 0. The van der Waals surface area contributed by atoms with Gasteiger partial charge in [-0.2, -0.15) is 0 Å². The topological polar surface area (TPSA) is 96.3 Å². The first-order valence-electron chi connectivity index (χ1n) is 6.62. The summed E-state index contributed by atoms with van der Waals surface area (Å²) < 4.78 is 5.50. The third-order valence-corrected chi connectivity index (χ3v) is 3.17. The Kier molecular flexibility index (Phi) is 4.75. The lowest BCUT2D eigenvalue weighted by Crippen LogP contribution is -2.51. The van der Waals surface area contributed by atoms with Crippen molar-refractivity contribution in [2.75, 3.05) is 43.5 Å². The van der Waals surface area contributed by atoms with Crippen molar-refractivity contribution in [1.82, 2.24) is 15.3 Å². The average molecular weight is 267 g/mol. The summed E-state index contributed by atoms with van der Waals surface area (Å²) in [6.45, 7) is 5.81. The molecule has 0 radical (unpaired) electrons. The Labute approximate surface area is 112 Å². The van der Waals surface area contributed by atoms with Crippen molar-refractivity contribution in [1.29, 1.82) is 0 Å². The molecule has 2 rings (SSSR count). The van der Waals surface area contributed by atoms with Crippen LogP contribution in [0.3, 0.4) is 0 Å². The van der Waals surface area contributed by atoms with Gasteiger partial charge in [0.2, 0.25) is 0 Å². The molecule has 1 fully saturated rings. The second-order valence-electron chi connectivity index (χ2n) is 4.60. The molecule has 1 aromatic heterocycles. The number of hydrogen-bond acceptors (Lipinski definition) is 6. The highest BCUT2D eigenvalue weighted by Crippen LogP contribution is 2.20. The zero-order valence-electron chi connectivity index (χ0n) is 11.2.